The van der Waals surface area contributed by atoms with Gasteiger partial charge < -0.3 is 10.2 Å². The van der Waals surface area contributed by atoms with E-state index >= 15 is 0 Å². The van der Waals surface area contributed by atoms with Gasteiger partial charge in [0.1, 0.15) is 5.82 Å². The second kappa shape index (κ2) is 9.04. The van der Waals surface area contributed by atoms with Crippen LogP contribution in [-0.4, -0.2) is 24.0 Å². The van der Waals surface area contributed by atoms with Gasteiger partial charge >= 0.3 is 6.18 Å². The predicted molar refractivity (Wildman–Crippen MR) is 109 cm³/mol. The van der Waals surface area contributed by atoms with Gasteiger partial charge in [-0.1, -0.05) is 18.9 Å². The van der Waals surface area contributed by atoms with Gasteiger partial charge in [-0.3, -0.25) is 9.93 Å². The van der Waals surface area contributed by atoms with E-state index in [1.54, 1.807) is 24.3 Å². The average molecular weight is 424 g/mol. The molecule has 1 saturated heterocycles. The summed E-state index contributed by atoms with van der Waals surface area (Å²) in [5.74, 6) is -0.319. The first-order valence-corrected chi connectivity index (χ1v) is 10.3. The summed E-state index contributed by atoms with van der Waals surface area (Å²) in [4.78, 5) is 19.8. The molecule has 0 unspecified atom stereocenters. The second-order valence-electron chi connectivity index (χ2n) is 6.99. The molecule has 3 N–H and O–H groups in total. The van der Waals surface area contributed by atoms with Gasteiger partial charge in [0.2, 0.25) is 0 Å². The van der Waals surface area contributed by atoms with Crippen molar-refractivity contribution in [2.75, 3.05) is 23.3 Å². The van der Waals surface area contributed by atoms with E-state index in [2.05, 4.69) is 10.3 Å². The Balaban J connectivity index is 2.01. The van der Waals surface area contributed by atoms with Gasteiger partial charge in [-0.05, 0) is 56.0 Å². The van der Waals surface area contributed by atoms with Gasteiger partial charge in [-0.15, -0.1) is 0 Å². The highest BCUT2D eigenvalue weighted by atomic mass is 32.2. The second-order valence-corrected chi connectivity index (χ2v) is 7.70. The molecule has 2 heterocycles. The lowest BCUT2D eigenvalue weighted by Gasteiger charge is -2.25. The van der Waals surface area contributed by atoms with E-state index in [0.29, 0.717) is 24.6 Å². The fourth-order valence-corrected chi connectivity index (χ4v) is 3.77. The number of pyridine rings is 1. The van der Waals surface area contributed by atoms with Gasteiger partial charge in [0, 0.05) is 23.7 Å². The number of anilines is 2. The Kier molecular flexibility index (Phi) is 6.69. The first kappa shape index (κ1) is 21.4. The molecule has 0 spiro atoms. The number of halogens is 3. The summed E-state index contributed by atoms with van der Waals surface area (Å²) in [6.45, 7) is 2.66. The van der Waals surface area contributed by atoms with Crippen LogP contribution in [0.15, 0.2) is 35.2 Å². The first-order chi connectivity index (χ1) is 13.8. The number of benzene rings is 1. The highest BCUT2D eigenvalue weighted by Gasteiger charge is 2.35. The molecule has 1 aromatic carbocycles. The van der Waals surface area contributed by atoms with Gasteiger partial charge in [0.15, 0.2) is 0 Å². The topological polar surface area (TPSA) is 71.2 Å². The van der Waals surface area contributed by atoms with E-state index in [1.807, 2.05) is 4.90 Å². The van der Waals surface area contributed by atoms with E-state index in [0.717, 1.165) is 48.6 Å². The zero-order valence-electron chi connectivity index (χ0n) is 16.1. The number of rotatable bonds is 4. The zero-order chi connectivity index (χ0) is 21.0. The van der Waals surface area contributed by atoms with Crippen LogP contribution in [0.5, 0.6) is 0 Å². The summed E-state index contributed by atoms with van der Waals surface area (Å²) in [6, 6.07) is 7.74. The molecule has 5 nitrogen and oxygen atoms in total. The minimum Gasteiger partial charge on any atom is -0.356 e. The van der Waals surface area contributed by atoms with E-state index in [1.165, 1.54) is 6.92 Å². The number of alkyl halides is 3. The Labute approximate surface area is 172 Å². The van der Waals surface area contributed by atoms with E-state index in [-0.39, 0.29) is 11.3 Å². The van der Waals surface area contributed by atoms with Crippen LogP contribution >= 0.6 is 11.9 Å². The van der Waals surface area contributed by atoms with Crippen molar-refractivity contribution in [1.82, 2.24) is 4.98 Å². The Bertz CT molecular complexity index is 881. The number of nitrogens with zero attached hydrogens (tertiary/aromatic N) is 2. The quantitative estimate of drug-likeness (QED) is 0.676. The lowest BCUT2D eigenvalue weighted by molar-refractivity contribution is -0.138. The first-order valence-electron chi connectivity index (χ1n) is 9.41. The molecule has 0 aliphatic carbocycles. The van der Waals surface area contributed by atoms with Crippen molar-refractivity contribution in [2.24, 2.45) is 5.14 Å². The number of hydrogen-bond donors (Lipinski definition) is 2. The summed E-state index contributed by atoms with van der Waals surface area (Å²) in [5.41, 5.74) is -0.639. The maximum absolute atomic E-state index is 13.5. The lowest BCUT2D eigenvalue weighted by atomic mass is 10.1. The fraction of sp³-hybridized carbons (Fsp3) is 0.400. The summed E-state index contributed by atoms with van der Waals surface area (Å²) in [6.07, 6.45) is -0.640. The number of hydrogen-bond acceptors (Lipinski definition) is 5. The highest BCUT2D eigenvalue weighted by molar-refractivity contribution is 7.97. The minimum absolute atomic E-state index is 0.0735. The van der Waals surface area contributed by atoms with Crippen molar-refractivity contribution < 1.29 is 18.0 Å². The van der Waals surface area contributed by atoms with E-state index in [4.69, 9.17) is 5.14 Å². The van der Waals surface area contributed by atoms with Crippen molar-refractivity contribution in [3.8, 4) is 0 Å². The van der Waals surface area contributed by atoms with Crippen LogP contribution in [-0.2, 0) is 6.18 Å². The fourth-order valence-electron chi connectivity index (χ4n) is 3.42. The van der Waals surface area contributed by atoms with E-state index < -0.39 is 17.6 Å². The lowest BCUT2D eigenvalue weighted by Crippen LogP contribution is -2.29. The highest BCUT2D eigenvalue weighted by Crippen LogP contribution is 2.35. The smallest absolute Gasteiger partial charge is 0.356 e. The molecule has 9 heteroatoms. The number of amides is 1. The van der Waals surface area contributed by atoms with Crippen LogP contribution in [0.2, 0.25) is 0 Å². The number of aromatic nitrogens is 1. The van der Waals surface area contributed by atoms with Gasteiger partial charge in [0.25, 0.3) is 5.91 Å². The monoisotopic (exact) mass is 424 g/mol. The maximum atomic E-state index is 13.5. The van der Waals surface area contributed by atoms with Crippen LogP contribution < -0.4 is 15.4 Å². The van der Waals surface area contributed by atoms with E-state index in [9.17, 15) is 18.0 Å². The third-order valence-electron chi connectivity index (χ3n) is 4.88. The molecule has 29 heavy (non-hydrogen) atoms. The summed E-state index contributed by atoms with van der Waals surface area (Å²) in [7, 11) is 0. The van der Waals surface area contributed by atoms with Crippen molar-refractivity contribution in [3.63, 3.8) is 0 Å². The standard InChI is InChI=1S/C20H23F3N4OS/c1-13-17(20(21,22)23)12-16(18(25-13)27-9-4-2-3-5-10-27)19(28)26-14-7-6-8-15(11-14)29-24/h6-8,11-12H,2-5,9-10,24H2,1H3,(H,26,28). The van der Waals surface area contributed by atoms with Crippen LogP contribution in [0.1, 0.15) is 47.3 Å². The average Bonchev–Trinajstić information content (AvgIpc) is 2.96. The Hall–Kier alpha value is -2.26. The molecule has 0 atom stereocenters. The molecule has 156 valence electrons. The van der Waals surface area contributed by atoms with Crippen molar-refractivity contribution in [3.05, 3.63) is 47.2 Å². The maximum Gasteiger partial charge on any atom is 0.418 e. The number of carbonyl (C=O) groups excluding carboxylic acids is 1. The third kappa shape index (κ3) is 5.22. The third-order valence-corrected chi connectivity index (χ3v) is 5.40. The van der Waals surface area contributed by atoms with Crippen molar-refractivity contribution >= 4 is 29.4 Å². The van der Waals surface area contributed by atoms with Gasteiger partial charge in [-0.25, -0.2) is 4.98 Å². The molecule has 2 aromatic rings. The number of nitrogens with one attached hydrogen (secondary N) is 1. The summed E-state index contributed by atoms with van der Waals surface area (Å²) in [5, 5.41) is 8.23. The van der Waals surface area contributed by atoms with Crippen molar-refractivity contribution in [1.29, 1.82) is 0 Å². The minimum atomic E-state index is -4.58. The van der Waals surface area contributed by atoms with Gasteiger partial charge in [0.05, 0.1) is 16.8 Å². The number of aryl methyl sites for hydroxylation is 1. The molecule has 3 rings (SSSR count). The molecule has 1 aliphatic heterocycles. The Morgan fingerprint density at radius 1 is 1.17 bits per heavy atom. The predicted octanol–water partition coefficient (Wildman–Crippen LogP) is 5.01. The summed E-state index contributed by atoms with van der Waals surface area (Å²) < 4.78 is 40.4. The molecular formula is C20H23F3N4OS. The van der Waals surface area contributed by atoms with Crippen LogP contribution in [0.3, 0.4) is 0 Å². The molecular weight excluding hydrogens is 401 g/mol. The molecule has 1 aliphatic rings. The molecule has 1 amide bonds. The van der Waals surface area contributed by atoms with Crippen LogP contribution in [0.25, 0.3) is 0 Å². The normalized spacial score (nSPS) is 15.1. The van der Waals surface area contributed by atoms with Gasteiger partial charge in [-0.2, -0.15) is 13.2 Å². The van der Waals surface area contributed by atoms with Crippen molar-refractivity contribution in [2.45, 2.75) is 43.7 Å². The molecule has 0 bridgehead atoms. The Morgan fingerprint density at radius 3 is 2.48 bits per heavy atom. The van der Waals surface area contributed by atoms with Crippen LogP contribution in [0.4, 0.5) is 24.7 Å². The number of carbonyl (C=O) groups is 1. The largest absolute Gasteiger partial charge is 0.418 e. The molecule has 0 saturated carbocycles. The molecule has 1 fully saturated rings. The summed E-state index contributed by atoms with van der Waals surface area (Å²) >= 11 is 1.02. The SMILES string of the molecule is Cc1nc(N2CCCCCC2)c(C(=O)Nc2cccc(SN)c2)cc1C(F)(F)F. The molecule has 1 aromatic heterocycles. The van der Waals surface area contributed by atoms with Crippen LogP contribution in [0, 0.1) is 6.92 Å². The Morgan fingerprint density at radius 2 is 1.86 bits per heavy atom. The molecule has 0 radical (unpaired) electrons. The number of nitrogens with two attached hydrogens (primary N) is 1. The zero-order valence-corrected chi connectivity index (χ0v) is 16.9.